The molecule has 2 aromatic heterocycles. The summed E-state index contributed by atoms with van der Waals surface area (Å²) in [7, 11) is 0. The number of nitrogens with zero attached hydrogens (tertiary/aromatic N) is 4. The molecule has 0 aromatic carbocycles. The van der Waals surface area contributed by atoms with Crippen LogP contribution in [0.2, 0.25) is 0 Å². The van der Waals surface area contributed by atoms with Gasteiger partial charge in [-0.25, -0.2) is 5.48 Å². The number of unbranched alkanes of at least 4 members (excludes halogenated alkanes) is 3. The van der Waals surface area contributed by atoms with Crippen molar-refractivity contribution in [2.75, 3.05) is 11.9 Å². The summed E-state index contributed by atoms with van der Waals surface area (Å²) < 4.78 is 0. The van der Waals surface area contributed by atoms with Crippen LogP contribution in [-0.2, 0) is 16.2 Å². The van der Waals surface area contributed by atoms with Gasteiger partial charge in [0.25, 0.3) is 0 Å². The largest absolute Gasteiger partial charge is 0.325 e. The molecule has 2 heterocycles. The normalized spacial score (nSPS) is 10.8. The Bertz CT molecular complexity index is 791. The number of nitrogens with one attached hydrogen (secondary N) is 3. The van der Waals surface area contributed by atoms with E-state index in [0.717, 1.165) is 36.9 Å². The van der Waals surface area contributed by atoms with Gasteiger partial charge in [-0.15, -0.1) is 0 Å². The van der Waals surface area contributed by atoms with E-state index in [2.05, 4.69) is 31.1 Å². The average molecular weight is 395 g/mol. The molecule has 0 bridgehead atoms. The number of pyridine rings is 2. The van der Waals surface area contributed by atoms with Gasteiger partial charge in [0.05, 0.1) is 6.61 Å². The molecular formula is C20H25N7O2. The molecule has 0 saturated heterocycles. The van der Waals surface area contributed by atoms with Gasteiger partial charge in [0.2, 0.25) is 11.9 Å². The number of anilines is 1. The maximum atomic E-state index is 11.7. The van der Waals surface area contributed by atoms with Gasteiger partial charge in [-0.3, -0.25) is 29.9 Å². The Hall–Kier alpha value is -3.51. The van der Waals surface area contributed by atoms with Crippen molar-refractivity contribution in [1.82, 2.24) is 20.8 Å². The highest BCUT2D eigenvalue weighted by molar-refractivity contribution is 5.94. The molecule has 0 aliphatic carbocycles. The van der Waals surface area contributed by atoms with Crippen molar-refractivity contribution in [3.05, 3.63) is 54.6 Å². The fraction of sp³-hybridized carbons (Fsp3) is 0.350. The van der Waals surface area contributed by atoms with Crippen molar-refractivity contribution in [2.45, 2.75) is 38.7 Å². The second kappa shape index (κ2) is 13.6. The zero-order valence-electron chi connectivity index (χ0n) is 16.2. The van der Waals surface area contributed by atoms with Gasteiger partial charge in [-0.2, -0.15) is 5.26 Å². The zero-order chi connectivity index (χ0) is 20.6. The predicted octanol–water partition coefficient (Wildman–Crippen LogP) is 2.51. The summed E-state index contributed by atoms with van der Waals surface area (Å²) in [6.45, 7) is 0.905. The molecule has 2 rings (SSSR count). The van der Waals surface area contributed by atoms with Gasteiger partial charge in [-0.05, 0) is 42.7 Å². The Morgan fingerprint density at radius 3 is 2.45 bits per heavy atom. The summed E-state index contributed by atoms with van der Waals surface area (Å²) in [5.41, 5.74) is 4.21. The summed E-state index contributed by atoms with van der Waals surface area (Å²) in [5.74, 6) is 0.281. The van der Waals surface area contributed by atoms with E-state index in [1.807, 2.05) is 18.3 Å². The number of carbonyl (C=O) groups excluding carboxylic acids is 1. The smallest absolute Gasteiger partial charge is 0.243 e. The maximum Gasteiger partial charge on any atom is 0.243 e. The van der Waals surface area contributed by atoms with Crippen molar-refractivity contribution in [1.29, 1.82) is 5.26 Å². The third-order valence-electron chi connectivity index (χ3n) is 3.87. The quantitative estimate of drug-likeness (QED) is 0.133. The Morgan fingerprint density at radius 2 is 1.72 bits per heavy atom. The summed E-state index contributed by atoms with van der Waals surface area (Å²) in [5, 5.41) is 14.4. The Balaban J connectivity index is 1.53. The molecule has 0 spiro atoms. The van der Waals surface area contributed by atoms with Crippen LogP contribution in [0.1, 0.15) is 37.7 Å². The van der Waals surface area contributed by atoms with Crippen LogP contribution < -0.4 is 16.1 Å². The van der Waals surface area contributed by atoms with Crippen molar-refractivity contribution in [2.24, 2.45) is 4.99 Å². The van der Waals surface area contributed by atoms with Gasteiger partial charge in [0.1, 0.15) is 0 Å². The monoisotopic (exact) mass is 395 g/mol. The van der Waals surface area contributed by atoms with Crippen LogP contribution in [0.5, 0.6) is 0 Å². The van der Waals surface area contributed by atoms with Gasteiger partial charge >= 0.3 is 0 Å². The minimum absolute atomic E-state index is 0.126. The highest BCUT2D eigenvalue weighted by Gasteiger charge is 2.02. The molecule has 0 saturated carbocycles. The Kier molecular flexibility index (Phi) is 10.2. The molecule has 9 nitrogen and oxygen atoms in total. The summed E-state index contributed by atoms with van der Waals surface area (Å²) >= 11 is 0. The molecule has 0 aliphatic heterocycles. The van der Waals surface area contributed by atoms with Gasteiger partial charge in [-0.1, -0.05) is 12.8 Å². The first-order valence-electron chi connectivity index (χ1n) is 9.44. The van der Waals surface area contributed by atoms with Crippen LogP contribution in [0, 0.1) is 11.5 Å². The number of rotatable bonds is 11. The van der Waals surface area contributed by atoms with Gasteiger partial charge in [0.15, 0.2) is 6.19 Å². The zero-order valence-corrected chi connectivity index (χ0v) is 16.2. The molecule has 152 valence electrons. The number of hydrogen-bond donors (Lipinski definition) is 3. The van der Waals surface area contributed by atoms with E-state index >= 15 is 0 Å². The molecule has 0 atom stereocenters. The lowest BCUT2D eigenvalue weighted by atomic mass is 10.1. The molecule has 0 unspecified atom stereocenters. The summed E-state index contributed by atoms with van der Waals surface area (Å²) in [6, 6.07) is 7.25. The molecule has 9 heteroatoms. The van der Waals surface area contributed by atoms with Crippen molar-refractivity contribution >= 4 is 17.6 Å². The van der Waals surface area contributed by atoms with E-state index in [-0.39, 0.29) is 5.91 Å². The topological polar surface area (TPSA) is 124 Å². The summed E-state index contributed by atoms with van der Waals surface area (Å²) in [4.78, 5) is 29.1. The van der Waals surface area contributed by atoms with Crippen LogP contribution in [0.25, 0.3) is 0 Å². The standard InChI is InChI=1S/C20H25N7O2/c21-16-25-20(26-18-8-13-23-14-9-18)24-10-4-2-1-3-5-19(28)27-29-15-17-6-11-22-12-7-17/h6-9,11-14H,1-5,10,15H2,(H,27,28)(H2,23,24,25,26). The summed E-state index contributed by atoms with van der Waals surface area (Å²) in [6.07, 6.45) is 12.5. The first kappa shape index (κ1) is 21.8. The number of hydroxylamine groups is 1. The third kappa shape index (κ3) is 9.83. The Morgan fingerprint density at radius 1 is 1.03 bits per heavy atom. The van der Waals surface area contributed by atoms with E-state index in [0.29, 0.717) is 25.5 Å². The Labute approximate surface area is 170 Å². The number of amides is 1. The lowest BCUT2D eigenvalue weighted by Gasteiger charge is -2.07. The number of aliphatic imine (C=N–C) groups is 1. The third-order valence-corrected chi connectivity index (χ3v) is 3.87. The van der Waals surface area contributed by atoms with Crippen LogP contribution in [0.15, 0.2) is 54.0 Å². The molecule has 1 amide bonds. The van der Waals surface area contributed by atoms with E-state index < -0.39 is 0 Å². The highest BCUT2D eigenvalue weighted by Crippen LogP contribution is 2.05. The van der Waals surface area contributed by atoms with Crippen LogP contribution in [-0.4, -0.2) is 28.4 Å². The number of guanidine groups is 1. The number of carbonyl (C=O) groups is 1. The number of nitriles is 1. The lowest BCUT2D eigenvalue weighted by molar-refractivity contribution is -0.134. The lowest BCUT2D eigenvalue weighted by Crippen LogP contribution is -2.27. The van der Waals surface area contributed by atoms with Gasteiger partial charge in [0, 0.05) is 43.4 Å². The highest BCUT2D eigenvalue weighted by atomic mass is 16.6. The van der Waals surface area contributed by atoms with Crippen LogP contribution in [0.3, 0.4) is 0 Å². The minimum atomic E-state index is -0.126. The molecule has 29 heavy (non-hydrogen) atoms. The fourth-order valence-corrected chi connectivity index (χ4v) is 2.41. The molecule has 2 aromatic rings. The van der Waals surface area contributed by atoms with E-state index in [9.17, 15) is 4.79 Å². The number of aromatic nitrogens is 2. The minimum Gasteiger partial charge on any atom is -0.325 e. The number of hydrogen-bond acceptors (Lipinski definition) is 6. The molecule has 0 fully saturated rings. The molecule has 0 radical (unpaired) electrons. The second-order valence-corrected chi connectivity index (χ2v) is 6.16. The molecular weight excluding hydrogens is 370 g/mol. The fourth-order valence-electron chi connectivity index (χ4n) is 2.41. The van der Waals surface area contributed by atoms with E-state index in [4.69, 9.17) is 10.1 Å². The van der Waals surface area contributed by atoms with Crippen LogP contribution >= 0.6 is 0 Å². The van der Waals surface area contributed by atoms with Crippen LogP contribution in [0.4, 0.5) is 5.69 Å². The molecule has 0 aliphatic rings. The maximum absolute atomic E-state index is 11.7. The second-order valence-electron chi connectivity index (χ2n) is 6.16. The first-order chi connectivity index (χ1) is 14.3. The van der Waals surface area contributed by atoms with Gasteiger partial charge < -0.3 is 5.32 Å². The predicted molar refractivity (Wildman–Crippen MR) is 109 cm³/mol. The van der Waals surface area contributed by atoms with E-state index in [1.54, 1.807) is 36.9 Å². The van der Waals surface area contributed by atoms with Crippen molar-refractivity contribution < 1.29 is 9.63 Å². The van der Waals surface area contributed by atoms with Crippen molar-refractivity contribution in [3.63, 3.8) is 0 Å². The first-order valence-corrected chi connectivity index (χ1v) is 9.44. The van der Waals surface area contributed by atoms with E-state index in [1.165, 1.54) is 0 Å². The van der Waals surface area contributed by atoms with Crippen molar-refractivity contribution in [3.8, 4) is 6.19 Å². The molecule has 3 N–H and O–H groups in total. The SMILES string of the molecule is N#CNC(=NCCCCCCC(=O)NOCc1ccncc1)Nc1ccncc1. The average Bonchev–Trinajstić information content (AvgIpc) is 2.74.